The topological polar surface area (TPSA) is 105 Å². The predicted octanol–water partition coefficient (Wildman–Crippen LogP) is 3.44. The second kappa shape index (κ2) is 18.3. The molecule has 0 radical (unpaired) electrons. The molecule has 1 aliphatic rings. The fourth-order valence-corrected chi connectivity index (χ4v) is 4.74. The zero-order chi connectivity index (χ0) is 27.6. The van der Waals surface area contributed by atoms with Gasteiger partial charge in [0.2, 0.25) is 11.8 Å². The summed E-state index contributed by atoms with van der Waals surface area (Å²) in [5.41, 5.74) is 1.09. The number of rotatable bonds is 19. The number of hydrogen-bond donors (Lipinski definition) is 2. The van der Waals surface area contributed by atoms with E-state index in [0.717, 1.165) is 31.2 Å². The van der Waals surface area contributed by atoms with Gasteiger partial charge in [-0.1, -0.05) is 42.5 Å². The molecule has 1 aliphatic heterocycles. The summed E-state index contributed by atoms with van der Waals surface area (Å²) in [4.78, 5) is 40.6. The Kier molecular flexibility index (Phi) is 15.1. The lowest BCUT2D eigenvalue weighted by molar-refractivity contribution is -0.152. The summed E-state index contributed by atoms with van der Waals surface area (Å²) in [5, 5.41) is 11.5. The first-order valence-electron chi connectivity index (χ1n) is 13.7. The van der Waals surface area contributed by atoms with Crippen LogP contribution in [0.4, 0.5) is 0 Å². The standard InChI is InChI=1S/C30H44N2O6/c1-3-5-7-14-26(21-24-12-8-6-9-13-24)30(36)38-23-27-15-10-17-32(27)29(35)25(11-4-2)22-28(34)31-16-19-37-20-18-33/h3-4,6,8-9,12-13,25-27,33H,1-2,5,7,10-11,14-23H2,(H,31,34)/t25-,26-,27+/m1/s1. The molecule has 0 saturated carbocycles. The molecule has 210 valence electrons. The van der Waals surface area contributed by atoms with Gasteiger partial charge in [0.25, 0.3) is 0 Å². The molecule has 38 heavy (non-hydrogen) atoms. The van der Waals surface area contributed by atoms with Crippen molar-refractivity contribution in [3.63, 3.8) is 0 Å². The molecule has 0 bridgehead atoms. The van der Waals surface area contributed by atoms with Crippen LogP contribution in [-0.4, -0.2) is 73.3 Å². The number of carbonyl (C=O) groups excluding carboxylic acids is 3. The predicted molar refractivity (Wildman–Crippen MR) is 147 cm³/mol. The number of likely N-dealkylation sites (tertiary alicyclic amines) is 1. The van der Waals surface area contributed by atoms with Crippen LogP contribution in [0.5, 0.6) is 0 Å². The van der Waals surface area contributed by atoms with Crippen molar-refractivity contribution in [2.75, 3.05) is 39.5 Å². The van der Waals surface area contributed by atoms with Crippen LogP contribution < -0.4 is 5.32 Å². The summed E-state index contributed by atoms with van der Waals surface area (Å²) in [5.74, 6) is -1.35. The van der Waals surface area contributed by atoms with Crippen LogP contribution in [0, 0.1) is 11.8 Å². The fourth-order valence-electron chi connectivity index (χ4n) is 4.74. The highest BCUT2D eigenvalue weighted by Crippen LogP contribution is 2.24. The van der Waals surface area contributed by atoms with E-state index in [9.17, 15) is 14.4 Å². The van der Waals surface area contributed by atoms with E-state index in [2.05, 4.69) is 18.5 Å². The van der Waals surface area contributed by atoms with Crippen molar-refractivity contribution >= 4 is 17.8 Å². The molecular formula is C30H44N2O6. The molecule has 1 aromatic carbocycles. The maximum Gasteiger partial charge on any atom is 0.309 e. The van der Waals surface area contributed by atoms with Gasteiger partial charge in [0, 0.05) is 19.5 Å². The van der Waals surface area contributed by atoms with Crippen molar-refractivity contribution in [3.8, 4) is 0 Å². The average Bonchev–Trinajstić information content (AvgIpc) is 3.40. The Morgan fingerprint density at radius 2 is 1.92 bits per heavy atom. The van der Waals surface area contributed by atoms with Gasteiger partial charge in [-0.05, 0) is 50.5 Å². The van der Waals surface area contributed by atoms with Crippen LogP contribution >= 0.6 is 0 Å². The van der Waals surface area contributed by atoms with Crippen molar-refractivity contribution < 1.29 is 29.0 Å². The van der Waals surface area contributed by atoms with Crippen LogP contribution in [0.3, 0.4) is 0 Å². The Balaban J connectivity index is 1.93. The van der Waals surface area contributed by atoms with Crippen molar-refractivity contribution in [2.24, 2.45) is 11.8 Å². The van der Waals surface area contributed by atoms with Crippen molar-refractivity contribution in [1.29, 1.82) is 0 Å². The van der Waals surface area contributed by atoms with E-state index in [4.69, 9.17) is 14.6 Å². The van der Waals surface area contributed by atoms with E-state index in [0.29, 0.717) is 39.0 Å². The average molecular weight is 529 g/mol. The molecule has 8 heteroatoms. The fraction of sp³-hybridized carbons (Fsp3) is 0.567. The molecule has 3 atom stereocenters. The largest absolute Gasteiger partial charge is 0.463 e. The zero-order valence-corrected chi connectivity index (χ0v) is 22.5. The van der Waals surface area contributed by atoms with Gasteiger partial charge in [0.15, 0.2) is 0 Å². The Morgan fingerprint density at radius 1 is 1.13 bits per heavy atom. The normalized spacial score (nSPS) is 16.4. The molecule has 0 aliphatic carbocycles. The lowest BCUT2D eigenvalue weighted by Crippen LogP contribution is -2.43. The van der Waals surface area contributed by atoms with Crippen LogP contribution in [0.25, 0.3) is 0 Å². The SMILES string of the molecule is C=CCCC[C@H](Cc1ccccc1)C(=O)OC[C@@H]1CCCN1C(=O)[C@H](CC=C)CC(=O)NCCOCCO. The Labute approximate surface area is 227 Å². The monoisotopic (exact) mass is 528 g/mol. The Bertz CT molecular complexity index is 875. The number of aliphatic hydroxyl groups excluding tert-OH is 1. The summed E-state index contributed by atoms with van der Waals surface area (Å²) < 4.78 is 10.9. The van der Waals surface area contributed by atoms with E-state index in [1.807, 2.05) is 36.4 Å². The molecule has 1 saturated heterocycles. The number of unbranched alkanes of at least 4 members (excludes halogenated alkanes) is 1. The second-order valence-electron chi connectivity index (χ2n) is 9.68. The van der Waals surface area contributed by atoms with E-state index in [-0.39, 0.29) is 56.0 Å². The maximum atomic E-state index is 13.4. The second-order valence-corrected chi connectivity index (χ2v) is 9.68. The summed E-state index contributed by atoms with van der Waals surface area (Å²) in [6.07, 6.45) is 8.58. The quantitative estimate of drug-likeness (QED) is 0.162. The van der Waals surface area contributed by atoms with Gasteiger partial charge in [-0.3, -0.25) is 14.4 Å². The van der Waals surface area contributed by atoms with Crippen molar-refractivity contribution in [1.82, 2.24) is 10.2 Å². The smallest absolute Gasteiger partial charge is 0.309 e. The maximum absolute atomic E-state index is 13.4. The minimum atomic E-state index is -0.521. The molecule has 2 N–H and O–H groups in total. The number of carbonyl (C=O) groups is 3. The van der Waals surface area contributed by atoms with Crippen molar-refractivity contribution in [2.45, 2.75) is 57.4 Å². The Morgan fingerprint density at radius 3 is 2.63 bits per heavy atom. The first-order valence-corrected chi connectivity index (χ1v) is 13.7. The molecule has 1 aromatic rings. The number of amides is 2. The highest BCUT2D eigenvalue weighted by Gasteiger charge is 2.34. The molecule has 2 rings (SSSR count). The molecule has 2 amide bonds. The van der Waals surface area contributed by atoms with E-state index in [1.54, 1.807) is 11.0 Å². The molecule has 1 fully saturated rings. The van der Waals surface area contributed by atoms with Gasteiger partial charge in [0.05, 0.1) is 37.7 Å². The van der Waals surface area contributed by atoms with Gasteiger partial charge in [-0.25, -0.2) is 0 Å². The molecule has 1 heterocycles. The van der Waals surface area contributed by atoms with Crippen molar-refractivity contribution in [3.05, 3.63) is 61.2 Å². The number of nitrogens with one attached hydrogen (secondary N) is 1. The van der Waals surface area contributed by atoms with Crippen LogP contribution in [0.2, 0.25) is 0 Å². The van der Waals surface area contributed by atoms with Gasteiger partial charge in [0.1, 0.15) is 6.61 Å². The zero-order valence-electron chi connectivity index (χ0n) is 22.5. The highest BCUT2D eigenvalue weighted by atomic mass is 16.5. The molecule has 0 aromatic heterocycles. The van der Waals surface area contributed by atoms with E-state index >= 15 is 0 Å². The Hall–Kier alpha value is -2.97. The van der Waals surface area contributed by atoms with Crippen LogP contribution in [0.15, 0.2) is 55.6 Å². The third-order valence-electron chi connectivity index (χ3n) is 6.73. The lowest BCUT2D eigenvalue weighted by Gasteiger charge is -2.28. The lowest BCUT2D eigenvalue weighted by atomic mass is 9.94. The van der Waals surface area contributed by atoms with E-state index in [1.165, 1.54) is 0 Å². The highest BCUT2D eigenvalue weighted by molar-refractivity contribution is 5.86. The first-order chi connectivity index (χ1) is 18.5. The summed E-state index contributed by atoms with van der Waals surface area (Å²) in [6, 6.07) is 9.73. The van der Waals surface area contributed by atoms with Gasteiger partial charge in [-0.2, -0.15) is 0 Å². The van der Waals surface area contributed by atoms with Crippen LogP contribution in [-0.2, 0) is 30.3 Å². The first kappa shape index (κ1) is 31.2. The summed E-state index contributed by atoms with van der Waals surface area (Å²) in [6.45, 7) is 9.02. The number of hydrogen-bond acceptors (Lipinski definition) is 6. The van der Waals surface area contributed by atoms with Gasteiger partial charge >= 0.3 is 5.97 Å². The molecular weight excluding hydrogens is 484 g/mol. The van der Waals surface area contributed by atoms with Gasteiger partial charge in [-0.15, -0.1) is 13.2 Å². The summed E-state index contributed by atoms with van der Waals surface area (Å²) >= 11 is 0. The molecule has 0 spiro atoms. The molecule has 8 nitrogen and oxygen atoms in total. The number of benzene rings is 1. The molecule has 0 unspecified atom stereocenters. The van der Waals surface area contributed by atoms with Gasteiger partial charge < -0.3 is 24.8 Å². The third kappa shape index (κ3) is 11.2. The number of nitrogens with zero attached hydrogens (tertiary/aromatic N) is 1. The summed E-state index contributed by atoms with van der Waals surface area (Å²) in [7, 11) is 0. The van der Waals surface area contributed by atoms with E-state index < -0.39 is 5.92 Å². The number of allylic oxidation sites excluding steroid dienone is 2. The third-order valence-corrected chi connectivity index (χ3v) is 6.73. The number of esters is 1. The number of ether oxygens (including phenoxy) is 2. The minimum Gasteiger partial charge on any atom is -0.463 e. The number of aliphatic hydroxyl groups is 1. The minimum absolute atomic E-state index is 0.0519. The van der Waals surface area contributed by atoms with Crippen LogP contribution in [0.1, 0.15) is 50.5 Å².